The van der Waals surface area contributed by atoms with E-state index in [1.165, 1.54) is 13.0 Å². The van der Waals surface area contributed by atoms with Crippen LogP contribution < -0.4 is 16.0 Å². The quantitative estimate of drug-likeness (QED) is 0.254. The highest BCUT2D eigenvalue weighted by Crippen LogP contribution is 2.53. The molecule has 2 saturated heterocycles. The number of hydrogen-bond acceptors (Lipinski definition) is 5. The third-order valence-corrected chi connectivity index (χ3v) is 9.37. The first-order valence-electron chi connectivity index (χ1n) is 13.5. The lowest BCUT2D eigenvalue weighted by Crippen LogP contribution is -2.49. The molecule has 2 aliphatic heterocycles. The maximum Gasteiger partial charge on any atom is 0.319 e. The molecular weight excluding hydrogens is 569 g/mol. The summed E-state index contributed by atoms with van der Waals surface area (Å²) in [5.74, 6) is -1.34. The lowest BCUT2D eigenvalue weighted by Gasteiger charge is -2.28. The van der Waals surface area contributed by atoms with E-state index in [1.807, 2.05) is 0 Å². The number of halogens is 2. The Kier molecular flexibility index (Phi) is 7.19. The third-order valence-electron chi connectivity index (χ3n) is 7.75. The van der Waals surface area contributed by atoms with Gasteiger partial charge in [0.25, 0.3) is 0 Å². The number of rotatable bonds is 8. The van der Waals surface area contributed by atoms with Crippen molar-refractivity contribution >= 4 is 63.6 Å². The van der Waals surface area contributed by atoms with Crippen molar-refractivity contribution in [1.82, 2.24) is 20.1 Å². The van der Waals surface area contributed by atoms with Crippen molar-refractivity contribution in [2.75, 3.05) is 5.32 Å². The topological polar surface area (TPSA) is 113 Å². The highest BCUT2D eigenvalue weighted by Gasteiger charge is 2.57. The minimum Gasteiger partial charge on any atom is -0.348 e. The molecule has 9 nitrogen and oxygen atoms in total. The van der Waals surface area contributed by atoms with Crippen LogP contribution in [0.25, 0.3) is 10.9 Å². The minimum absolute atomic E-state index is 0.0211. The van der Waals surface area contributed by atoms with E-state index in [9.17, 15) is 23.6 Å². The highest BCUT2D eigenvalue weighted by molar-refractivity contribution is 8.07. The summed E-state index contributed by atoms with van der Waals surface area (Å²) in [5.41, 5.74) is 1.92. The monoisotopic (exact) mass is 597 g/mol. The number of aromatic nitrogens is 1. The van der Waals surface area contributed by atoms with Crippen LogP contribution in [-0.4, -0.2) is 55.8 Å². The smallest absolute Gasteiger partial charge is 0.319 e. The molecule has 3 aliphatic rings. The van der Waals surface area contributed by atoms with Gasteiger partial charge in [0.2, 0.25) is 11.8 Å². The second kappa shape index (κ2) is 10.7. The Morgan fingerprint density at radius 3 is 2.68 bits per heavy atom. The number of ketones is 1. The first-order valence-corrected chi connectivity index (χ1v) is 14.8. The van der Waals surface area contributed by atoms with Gasteiger partial charge in [-0.1, -0.05) is 23.7 Å². The Balaban J connectivity index is 1.19. The molecule has 12 heteroatoms. The molecule has 3 fully saturated rings. The zero-order chi connectivity index (χ0) is 29.0. The van der Waals surface area contributed by atoms with E-state index in [4.69, 9.17) is 11.6 Å². The van der Waals surface area contributed by atoms with Gasteiger partial charge in [0.15, 0.2) is 5.78 Å². The number of Topliss-reactive ketones (excluding diaryl/α,β-unsaturated/α-hetero) is 1. The van der Waals surface area contributed by atoms with Crippen molar-refractivity contribution in [2.45, 2.75) is 68.4 Å². The molecule has 0 radical (unpaired) electrons. The van der Waals surface area contributed by atoms with Crippen LogP contribution >= 0.6 is 23.4 Å². The molecule has 214 valence electrons. The molecule has 1 saturated carbocycles. The van der Waals surface area contributed by atoms with Crippen LogP contribution in [0.2, 0.25) is 5.02 Å². The standard InChI is InChI=1S/C29H29ClFN5O4S/c1-14(18-4-3-5-21(30)26(18)31)32-27(39)23-11-24-28(41-24)36(23)25(38)13-35-12-20(15(2)37)19-10-17(8-9-22(19)35)34-29(40)33-16-6-7-16/h3-5,8-10,12,14,16,23-24,28H,6-7,11,13H2,1-2H3,(H,32,39)(H2,33,34,40)/t14-,23+,24-,28-/m1/s1. The Hall–Kier alpha value is -3.57. The van der Waals surface area contributed by atoms with Crippen LogP contribution in [0.4, 0.5) is 14.9 Å². The fraction of sp³-hybridized carbons (Fsp3) is 0.379. The Labute approximate surface area is 245 Å². The van der Waals surface area contributed by atoms with Crippen molar-refractivity contribution in [3.05, 3.63) is 64.6 Å². The molecule has 4 atom stereocenters. The van der Waals surface area contributed by atoms with Crippen molar-refractivity contribution in [3.63, 3.8) is 0 Å². The van der Waals surface area contributed by atoms with Crippen molar-refractivity contribution < 1.29 is 23.6 Å². The summed E-state index contributed by atoms with van der Waals surface area (Å²) in [7, 11) is 0. The summed E-state index contributed by atoms with van der Waals surface area (Å²) in [4.78, 5) is 53.2. The van der Waals surface area contributed by atoms with Gasteiger partial charge >= 0.3 is 6.03 Å². The molecule has 6 rings (SSSR count). The van der Waals surface area contributed by atoms with E-state index in [0.717, 1.165) is 12.8 Å². The summed E-state index contributed by atoms with van der Waals surface area (Å²) in [6.07, 6.45) is 4.10. The number of nitrogens with zero attached hydrogens (tertiary/aromatic N) is 2. The maximum atomic E-state index is 14.5. The van der Waals surface area contributed by atoms with Crippen molar-refractivity contribution in [2.24, 2.45) is 0 Å². The predicted molar refractivity (Wildman–Crippen MR) is 156 cm³/mol. The fourth-order valence-electron chi connectivity index (χ4n) is 5.45. The van der Waals surface area contributed by atoms with Gasteiger partial charge in [0.05, 0.1) is 16.4 Å². The average molecular weight is 598 g/mol. The largest absolute Gasteiger partial charge is 0.348 e. The molecule has 3 N–H and O–H groups in total. The van der Waals surface area contributed by atoms with E-state index in [-0.39, 0.29) is 57.4 Å². The van der Waals surface area contributed by atoms with Crippen molar-refractivity contribution in [3.8, 4) is 0 Å². The number of nitrogens with one attached hydrogen (secondary N) is 3. The average Bonchev–Trinajstić information content (AvgIpc) is 3.83. The molecule has 3 aromatic rings. The summed E-state index contributed by atoms with van der Waals surface area (Å²) in [5, 5.41) is 9.21. The predicted octanol–water partition coefficient (Wildman–Crippen LogP) is 4.84. The summed E-state index contributed by atoms with van der Waals surface area (Å²) in [6, 6.07) is 8.47. The maximum absolute atomic E-state index is 14.5. The van der Waals surface area contributed by atoms with E-state index in [1.54, 1.807) is 64.7 Å². The van der Waals surface area contributed by atoms with E-state index < -0.39 is 17.9 Å². The Morgan fingerprint density at radius 1 is 1.17 bits per heavy atom. The van der Waals surface area contributed by atoms with Crippen LogP contribution in [0.1, 0.15) is 55.1 Å². The van der Waals surface area contributed by atoms with Gasteiger partial charge in [0, 0.05) is 45.2 Å². The number of carbonyl (C=O) groups excluding carboxylic acids is 4. The van der Waals surface area contributed by atoms with Crippen LogP contribution in [0.5, 0.6) is 0 Å². The molecule has 0 unspecified atom stereocenters. The molecule has 1 aliphatic carbocycles. The summed E-state index contributed by atoms with van der Waals surface area (Å²) >= 11 is 7.55. The molecular formula is C29H29ClFN5O4S. The highest BCUT2D eigenvalue weighted by atomic mass is 35.5. The number of carbonyl (C=O) groups is 4. The van der Waals surface area contributed by atoms with E-state index >= 15 is 0 Å². The number of anilines is 1. The van der Waals surface area contributed by atoms with Gasteiger partial charge in [-0.2, -0.15) is 0 Å². The molecule has 0 spiro atoms. The number of amides is 4. The SMILES string of the molecule is CC(=O)c1cn(CC(=O)N2[C@@H]3S[C@@H]3C[C@H]2C(=O)N[C@H](C)c2cccc(Cl)c2F)c2ccc(NC(=O)NC3CC3)cc12. The molecule has 41 heavy (non-hydrogen) atoms. The third kappa shape index (κ3) is 5.52. The van der Waals surface area contributed by atoms with Crippen LogP contribution in [0, 0.1) is 5.82 Å². The molecule has 0 bridgehead atoms. The first-order chi connectivity index (χ1) is 19.6. The lowest BCUT2D eigenvalue weighted by molar-refractivity contribution is -0.139. The van der Waals surface area contributed by atoms with Gasteiger partial charge in [-0.3, -0.25) is 14.4 Å². The molecule has 2 aromatic carbocycles. The number of hydrogen-bond donors (Lipinski definition) is 3. The fourth-order valence-corrected chi connectivity index (χ4v) is 6.83. The van der Waals surface area contributed by atoms with Gasteiger partial charge in [-0.15, -0.1) is 11.8 Å². The summed E-state index contributed by atoms with van der Waals surface area (Å²) < 4.78 is 16.2. The zero-order valence-electron chi connectivity index (χ0n) is 22.4. The lowest BCUT2D eigenvalue weighted by atomic mass is 10.1. The second-order valence-electron chi connectivity index (χ2n) is 10.8. The zero-order valence-corrected chi connectivity index (χ0v) is 24.0. The molecule has 3 heterocycles. The van der Waals surface area contributed by atoms with Crippen LogP contribution in [-0.2, 0) is 16.1 Å². The number of benzene rings is 2. The normalized spacial score (nSPS) is 21.8. The van der Waals surface area contributed by atoms with Crippen LogP contribution in [0.3, 0.4) is 0 Å². The van der Waals surface area contributed by atoms with Gasteiger partial charge in [0.1, 0.15) is 18.4 Å². The Morgan fingerprint density at radius 2 is 1.95 bits per heavy atom. The molecule has 4 amide bonds. The van der Waals surface area contributed by atoms with Gasteiger partial charge < -0.3 is 25.4 Å². The van der Waals surface area contributed by atoms with Gasteiger partial charge in [-0.05, 0) is 57.4 Å². The Bertz CT molecular complexity index is 1590. The van der Waals surface area contributed by atoms with Crippen LogP contribution in [0.15, 0.2) is 42.6 Å². The number of urea groups is 1. The summed E-state index contributed by atoms with van der Waals surface area (Å²) in [6.45, 7) is 3.07. The number of thioether (sulfide) groups is 1. The second-order valence-corrected chi connectivity index (χ2v) is 12.6. The molecule has 1 aromatic heterocycles. The number of fused-ring (bicyclic) bond motifs is 2. The first kappa shape index (κ1) is 27.6. The van der Waals surface area contributed by atoms with Gasteiger partial charge in [-0.25, -0.2) is 9.18 Å². The van der Waals surface area contributed by atoms with E-state index in [0.29, 0.717) is 28.6 Å². The van der Waals surface area contributed by atoms with E-state index in [2.05, 4.69) is 16.0 Å². The number of likely N-dealkylation sites (tertiary alicyclic amines) is 1. The van der Waals surface area contributed by atoms with Crippen molar-refractivity contribution in [1.29, 1.82) is 0 Å². The minimum atomic E-state index is -0.682.